The summed E-state index contributed by atoms with van der Waals surface area (Å²) in [4.78, 5) is 76.0. The van der Waals surface area contributed by atoms with Crippen molar-refractivity contribution in [2.24, 2.45) is 0 Å². The molecule has 0 saturated carbocycles. The quantitative estimate of drug-likeness (QED) is 0.0512. The Kier molecular flexibility index (Phi) is 17.1. The maximum atomic E-state index is 14.2. The monoisotopic (exact) mass is 859 g/mol. The van der Waals surface area contributed by atoms with Gasteiger partial charge in [-0.25, -0.2) is 43.9 Å². The Bertz CT molecular complexity index is 1930. The van der Waals surface area contributed by atoms with E-state index in [-0.39, 0.29) is 39.6 Å². The molecule has 0 aromatic heterocycles. The summed E-state index contributed by atoms with van der Waals surface area (Å²) in [5.41, 5.74) is 1.27. The van der Waals surface area contributed by atoms with Crippen molar-refractivity contribution in [3.63, 3.8) is 0 Å². The molecule has 2 aliphatic heterocycles. The molecule has 1 amide bonds. The Labute approximate surface area is 362 Å². The Balaban J connectivity index is 1.29. The summed E-state index contributed by atoms with van der Waals surface area (Å²) in [5, 5.41) is 12.1. The van der Waals surface area contributed by atoms with Gasteiger partial charge in [0.2, 0.25) is 0 Å². The SMILES string of the molecule is CC(C)(C)OC(=O)N1[C@@H](C(=O)CC(O)[C@@H]2O[C@H](COOCc3ccccc3)[C@H](OOCc3ccccc3)[C@H](OOCc3ccccc3)[C@H]2OOCc2ccccc2)COC1(C)C. The van der Waals surface area contributed by atoms with Gasteiger partial charge in [0.15, 0.2) is 24.1 Å². The smallest absolute Gasteiger partial charge is 0.413 e. The molecule has 0 radical (unpaired) electrons. The van der Waals surface area contributed by atoms with Crippen LogP contribution in [-0.4, -0.2) is 89.1 Å². The number of amides is 1. The lowest BCUT2D eigenvalue weighted by atomic mass is 9.90. The standard InChI is InChI=1S/C47H57NO14/c1-46(2,3)59-45(51)48-37(31-52-47(48,4)5)38(49)26-39(50)41-43(61-56-29-35-22-14-8-15-23-35)44(62-57-30-36-24-16-9-17-25-36)42(60-55-28-34-20-12-7-13-21-34)40(58-41)32-54-53-27-33-18-10-6-11-19-33/h6-25,37,39-44,50H,26-32H2,1-5H3/t37-,39?,40-,41+,42+,43+,44+/m1/s1. The van der Waals surface area contributed by atoms with E-state index in [4.69, 9.17) is 53.3 Å². The largest absolute Gasteiger partial charge is 0.444 e. The molecular formula is C47H57NO14. The van der Waals surface area contributed by atoms with E-state index in [9.17, 15) is 14.7 Å². The van der Waals surface area contributed by atoms with Crippen LogP contribution < -0.4 is 0 Å². The molecule has 2 aliphatic rings. The first-order valence-corrected chi connectivity index (χ1v) is 20.7. The fourth-order valence-electron chi connectivity index (χ4n) is 6.94. The van der Waals surface area contributed by atoms with Gasteiger partial charge >= 0.3 is 6.09 Å². The van der Waals surface area contributed by atoms with E-state index in [0.717, 1.165) is 22.3 Å². The minimum absolute atomic E-state index is 0.00587. The van der Waals surface area contributed by atoms with Crippen LogP contribution in [0.4, 0.5) is 4.79 Å². The molecule has 0 bridgehead atoms. The first kappa shape index (κ1) is 46.9. The summed E-state index contributed by atoms with van der Waals surface area (Å²) in [6.07, 6.45) is -8.96. The van der Waals surface area contributed by atoms with Gasteiger partial charge in [-0.15, -0.1) is 0 Å². The molecule has 1 N–H and O–H groups in total. The Morgan fingerprint density at radius 1 is 0.661 bits per heavy atom. The van der Waals surface area contributed by atoms with Gasteiger partial charge in [0, 0.05) is 6.42 Å². The molecular weight excluding hydrogens is 803 g/mol. The van der Waals surface area contributed by atoms with Crippen molar-refractivity contribution in [2.45, 2.75) is 121 Å². The Morgan fingerprint density at radius 2 is 1.10 bits per heavy atom. The third-order valence-corrected chi connectivity index (χ3v) is 10.0. The summed E-state index contributed by atoms with van der Waals surface area (Å²) in [7, 11) is 0. The van der Waals surface area contributed by atoms with Crippen molar-refractivity contribution in [1.29, 1.82) is 0 Å². The average Bonchev–Trinajstić information content (AvgIpc) is 3.59. The molecule has 4 aromatic rings. The predicted molar refractivity (Wildman–Crippen MR) is 222 cm³/mol. The maximum absolute atomic E-state index is 14.2. The number of aliphatic hydroxyl groups excluding tert-OH is 1. The van der Waals surface area contributed by atoms with Crippen LogP contribution in [0, 0.1) is 0 Å². The third kappa shape index (κ3) is 13.7. The second-order valence-electron chi connectivity index (χ2n) is 16.5. The summed E-state index contributed by atoms with van der Waals surface area (Å²) in [6.45, 7) is 8.36. The molecule has 334 valence electrons. The molecule has 0 spiro atoms. The average molecular weight is 860 g/mol. The van der Waals surface area contributed by atoms with E-state index in [1.54, 1.807) is 34.6 Å². The van der Waals surface area contributed by atoms with Crippen LogP contribution in [0.1, 0.15) is 63.3 Å². The fraction of sp³-hybridized carbons (Fsp3) is 0.447. The van der Waals surface area contributed by atoms with Crippen LogP contribution in [-0.2, 0) is 84.5 Å². The minimum Gasteiger partial charge on any atom is -0.444 e. The first-order chi connectivity index (χ1) is 29.9. The molecule has 2 saturated heterocycles. The highest BCUT2D eigenvalue weighted by Crippen LogP contribution is 2.35. The van der Waals surface area contributed by atoms with Gasteiger partial charge in [-0.2, -0.15) is 0 Å². The Hall–Kier alpha value is -4.62. The molecule has 62 heavy (non-hydrogen) atoms. The van der Waals surface area contributed by atoms with Gasteiger partial charge in [-0.1, -0.05) is 121 Å². The number of hydrogen-bond donors (Lipinski definition) is 1. The maximum Gasteiger partial charge on any atom is 0.413 e. The van der Waals surface area contributed by atoms with E-state index < -0.39 is 72.3 Å². The van der Waals surface area contributed by atoms with Crippen molar-refractivity contribution in [1.82, 2.24) is 4.90 Å². The molecule has 4 aromatic carbocycles. The van der Waals surface area contributed by atoms with Gasteiger partial charge in [0.1, 0.15) is 62.6 Å². The summed E-state index contributed by atoms with van der Waals surface area (Å²) in [5.74, 6) is -0.511. The fourth-order valence-corrected chi connectivity index (χ4v) is 6.94. The topological polar surface area (TPSA) is 159 Å². The highest BCUT2D eigenvalue weighted by Gasteiger charge is 2.55. The molecule has 2 heterocycles. The summed E-state index contributed by atoms with van der Waals surface area (Å²) < 4.78 is 18.1. The third-order valence-electron chi connectivity index (χ3n) is 10.0. The normalized spacial score (nSPS) is 22.9. The zero-order valence-electron chi connectivity index (χ0n) is 35.7. The lowest BCUT2D eigenvalue weighted by Crippen LogP contribution is -2.64. The van der Waals surface area contributed by atoms with Crippen LogP contribution in [0.2, 0.25) is 0 Å². The van der Waals surface area contributed by atoms with E-state index in [1.807, 2.05) is 121 Å². The van der Waals surface area contributed by atoms with E-state index in [2.05, 4.69) is 0 Å². The van der Waals surface area contributed by atoms with E-state index >= 15 is 0 Å². The van der Waals surface area contributed by atoms with E-state index in [0.29, 0.717) is 0 Å². The van der Waals surface area contributed by atoms with Gasteiger partial charge in [0.25, 0.3) is 0 Å². The lowest BCUT2D eigenvalue weighted by Gasteiger charge is -2.45. The number of benzene rings is 4. The van der Waals surface area contributed by atoms with Gasteiger partial charge in [-0.3, -0.25) is 9.69 Å². The first-order valence-electron chi connectivity index (χ1n) is 20.7. The van der Waals surface area contributed by atoms with E-state index in [1.165, 1.54) is 4.90 Å². The molecule has 0 aliphatic carbocycles. The summed E-state index contributed by atoms with van der Waals surface area (Å²) in [6, 6.07) is 36.4. The highest BCUT2D eigenvalue weighted by atomic mass is 17.2. The second-order valence-corrected chi connectivity index (χ2v) is 16.5. The van der Waals surface area contributed by atoms with Crippen molar-refractivity contribution >= 4 is 11.9 Å². The number of carbonyl (C=O) groups is 2. The zero-order chi connectivity index (χ0) is 44.0. The zero-order valence-corrected chi connectivity index (χ0v) is 35.7. The van der Waals surface area contributed by atoms with Crippen LogP contribution in [0.15, 0.2) is 121 Å². The van der Waals surface area contributed by atoms with Crippen LogP contribution >= 0.6 is 0 Å². The number of carbonyl (C=O) groups excluding carboxylic acids is 2. The number of nitrogens with zero attached hydrogens (tertiary/aromatic N) is 1. The number of ketones is 1. The van der Waals surface area contributed by atoms with Crippen LogP contribution in [0.5, 0.6) is 0 Å². The number of hydrogen-bond acceptors (Lipinski definition) is 14. The number of Topliss-reactive ketones (excluding diaryl/α,β-unsaturated/α-hetero) is 1. The number of aliphatic hydroxyl groups is 1. The van der Waals surface area contributed by atoms with Gasteiger partial charge in [-0.05, 0) is 56.9 Å². The number of rotatable bonds is 21. The molecule has 6 rings (SSSR count). The molecule has 15 nitrogen and oxygen atoms in total. The minimum atomic E-state index is -1.57. The molecule has 2 fully saturated rings. The number of ether oxygens (including phenoxy) is 3. The Morgan fingerprint density at radius 3 is 1.56 bits per heavy atom. The molecule has 15 heteroatoms. The van der Waals surface area contributed by atoms with Gasteiger partial charge in [0.05, 0.1) is 12.7 Å². The predicted octanol–water partition coefficient (Wildman–Crippen LogP) is 7.15. The lowest BCUT2D eigenvalue weighted by molar-refractivity contribution is -0.474. The molecule has 7 atom stereocenters. The van der Waals surface area contributed by atoms with Crippen LogP contribution in [0.25, 0.3) is 0 Å². The second kappa shape index (κ2) is 22.6. The van der Waals surface area contributed by atoms with Crippen molar-refractivity contribution in [2.75, 3.05) is 13.2 Å². The molecule has 1 unspecified atom stereocenters. The van der Waals surface area contributed by atoms with Crippen LogP contribution in [0.3, 0.4) is 0 Å². The van der Waals surface area contributed by atoms with Crippen molar-refractivity contribution < 1.29 is 68.0 Å². The summed E-state index contributed by atoms with van der Waals surface area (Å²) >= 11 is 0. The van der Waals surface area contributed by atoms with Crippen molar-refractivity contribution in [3.05, 3.63) is 144 Å². The van der Waals surface area contributed by atoms with Crippen molar-refractivity contribution in [3.8, 4) is 0 Å². The highest BCUT2D eigenvalue weighted by molar-refractivity contribution is 5.88. The van der Waals surface area contributed by atoms with Gasteiger partial charge < -0.3 is 19.3 Å².